The molecule has 3 rings (SSSR count). The zero-order valence-corrected chi connectivity index (χ0v) is 11.8. The van der Waals surface area contributed by atoms with Crippen LogP contribution in [0.5, 0.6) is 0 Å². The van der Waals surface area contributed by atoms with Gasteiger partial charge in [0.2, 0.25) is 0 Å². The number of fused-ring (bicyclic) bond motifs is 1. The third-order valence-corrected chi connectivity index (χ3v) is 3.49. The maximum atomic E-state index is 14.1. The summed E-state index contributed by atoms with van der Waals surface area (Å²) >= 11 is 5.84. The van der Waals surface area contributed by atoms with E-state index < -0.39 is 17.5 Å². The molecule has 0 N–H and O–H groups in total. The van der Waals surface area contributed by atoms with Crippen LogP contribution >= 0.6 is 11.6 Å². The molecular weight excluding hydrogens is 301 g/mol. The monoisotopic (exact) mass is 310 g/mol. The molecule has 0 fully saturated rings. The average molecular weight is 311 g/mol. The van der Waals surface area contributed by atoms with Crippen molar-refractivity contribution in [2.24, 2.45) is 0 Å². The van der Waals surface area contributed by atoms with Gasteiger partial charge in [0.25, 0.3) is 0 Å². The van der Waals surface area contributed by atoms with E-state index in [-0.39, 0.29) is 11.6 Å². The van der Waals surface area contributed by atoms with Gasteiger partial charge in [0.15, 0.2) is 17.5 Å². The average Bonchev–Trinajstić information content (AvgIpc) is 2.83. The van der Waals surface area contributed by atoms with Gasteiger partial charge in [0, 0.05) is 0 Å². The number of aryl methyl sites for hydroxylation is 1. The van der Waals surface area contributed by atoms with Crippen molar-refractivity contribution in [3.63, 3.8) is 0 Å². The molecule has 0 bridgehead atoms. The Hall–Kier alpha value is -2.01. The number of benzene rings is 2. The minimum Gasteiger partial charge on any atom is -0.292 e. The summed E-state index contributed by atoms with van der Waals surface area (Å²) in [5.41, 5.74) is 2.03. The first-order valence-corrected chi connectivity index (χ1v) is 6.74. The molecule has 0 unspecified atom stereocenters. The summed E-state index contributed by atoms with van der Waals surface area (Å²) in [6.45, 7) is 1.87. The van der Waals surface area contributed by atoms with Gasteiger partial charge in [-0.25, -0.2) is 18.2 Å². The maximum Gasteiger partial charge on any atom is 0.196 e. The third kappa shape index (κ3) is 2.17. The molecule has 0 saturated carbocycles. The molecule has 2 aromatic carbocycles. The van der Waals surface area contributed by atoms with Crippen molar-refractivity contribution >= 4 is 22.6 Å². The molecule has 3 aromatic rings. The molecular formula is C15H10ClF3N2. The highest BCUT2D eigenvalue weighted by Crippen LogP contribution is 2.27. The van der Waals surface area contributed by atoms with Crippen molar-refractivity contribution in [2.75, 3.05) is 0 Å². The lowest BCUT2D eigenvalue weighted by Gasteiger charge is -2.10. The van der Waals surface area contributed by atoms with Crippen LogP contribution in [0.25, 0.3) is 16.7 Å². The van der Waals surface area contributed by atoms with E-state index in [4.69, 9.17) is 11.6 Å². The first-order valence-electron chi connectivity index (χ1n) is 6.20. The minimum absolute atomic E-state index is 0.0200. The van der Waals surface area contributed by atoms with Crippen molar-refractivity contribution in [3.05, 3.63) is 59.2 Å². The Morgan fingerprint density at radius 3 is 2.57 bits per heavy atom. The topological polar surface area (TPSA) is 17.8 Å². The van der Waals surface area contributed by atoms with Crippen molar-refractivity contribution in [2.45, 2.75) is 12.8 Å². The van der Waals surface area contributed by atoms with Gasteiger partial charge in [-0.15, -0.1) is 11.6 Å². The zero-order valence-electron chi connectivity index (χ0n) is 11.0. The number of alkyl halides is 1. The van der Waals surface area contributed by atoms with Crippen LogP contribution in [0.2, 0.25) is 0 Å². The second-order valence-electron chi connectivity index (χ2n) is 4.68. The molecule has 0 radical (unpaired) electrons. The van der Waals surface area contributed by atoms with E-state index in [2.05, 4.69) is 4.98 Å². The lowest BCUT2D eigenvalue weighted by molar-refractivity contribution is 0.444. The number of nitrogens with zero attached hydrogens (tertiary/aromatic N) is 2. The number of halogens is 4. The van der Waals surface area contributed by atoms with Crippen LogP contribution in [-0.2, 0) is 5.88 Å². The van der Waals surface area contributed by atoms with Crippen LogP contribution in [-0.4, -0.2) is 9.55 Å². The number of hydrogen-bond donors (Lipinski definition) is 0. The maximum absolute atomic E-state index is 14.1. The fourth-order valence-electron chi connectivity index (χ4n) is 2.28. The highest BCUT2D eigenvalue weighted by molar-refractivity contribution is 6.17. The molecule has 0 aliphatic rings. The predicted octanol–water partition coefficient (Wildman–Crippen LogP) is 4.49. The largest absolute Gasteiger partial charge is 0.292 e. The summed E-state index contributed by atoms with van der Waals surface area (Å²) in [6, 6.07) is 7.48. The Balaban J connectivity index is 2.38. The summed E-state index contributed by atoms with van der Waals surface area (Å²) < 4.78 is 42.1. The quantitative estimate of drug-likeness (QED) is 0.504. The van der Waals surface area contributed by atoms with Crippen LogP contribution in [0.4, 0.5) is 13.2 Å². The van der Waals surface area contributed by atoms with Crippen LogP contribution in [0.3, 0.4) is 0 Å². The first-order chi connectivity index (χ1) is 10.0. The molecule has 21 heavy (non-hydrogen) atoms. The number of rotatable bonds is 2. The molecule has 0 atom stereocenters. The van der Waals surface area contributed by atoms with Gasteiger partial charge in [-0.2, -0.15) is 0 Å². The molecule has 0 spiro atoms. The van der Waals surface area contributed by atoms with Crippen LogP contribution < -0.4 is 0 Å². The molecule has 6 heteroatoms. The fraction of sp³-hybridized carbons (Fsp3) is 0.133. The Bertz CT molecular complexity index is 843. The molecule has 1 heterocycles. The van der Waals surface area contributed by atoms with Crippen molar-refractivity contribution in [3.8, 4) is 5.69 Å². The van der Waals surface area contributed by atoms with Crippen LogP contribution in [0.15, 0.2) is 30.3 Å². The van der Waals surface area contributed by atoms with Crippen molar-refractivity contribution < 1.29 is 13.2 Å². The minimum atomic E-state index is -1.51. The predicted molar refractivity (Wildman–Crippen MR) is 75.2 cm³/mol. The van der Waals surface area contributed by atoms with Gasteiger partial charge in [-0.1, -0.05) is 6.07 Å². The lowest BCUT2D eigenvalue weighted by atomic mass is 10.2. The summed E-state index contributed by atoms with van der Waals surface area (Å²) in [7, 11) is 0. The molecule has 2 nitrogen and oxygen atoms in total. The van der Waals surface area contributed by atoms with E-state index in [0.717, 1.165) is 11.6 Å². The van der Waals surface area contributed by atoms with Gasteiger partial charge in [0.05, 0.1) is 22.6 Å². The van der Waals surface area contributed by atoms with Crippen molar-refractivity contribution in [1.29, 1.82) is 0 Å². The van der Waals surface area contributed by atoms with E-state index in [1.807, 2.05) is 13.0 Å². The molecule has 0 aliphatic heterocycles. The van der Waals surface area contributed by atoms with E-state index in [1.54, 1.807) is 12.1 Å². The Morgan fingerprint density at radius 1 is 1.10 bits per heavy atom. The zero-order chi connectivity index (χ0) is 15.1. The molecule has 1 aromatic heterocycles. The van der Waals surface area contributed by atoms with E-state index >= 15 is 0 Å². The fourth-order valence-corrected chi connectivity index (χ4v) is 2.46. The standard InChI is InChI=1S/C15H10ClF3N2/c1-8-2-4-10-12(6-8)21(13(7-16)20-10)11-5-3-9(17)14(18)15(11)19/h2-6H,7H2,1H3. The smallest absolute Gasteiger partial charge is 0.196 e. The van der Waals surface area contributed by atoms with Crippen LogP contribution in [0.1, 0.15) is 11.4 Å². The summed E-state index contributed by atoms with van der Waals surface area (Å²) in [4.78, 5) is 4.29. The second kappa shape index (κ2) is 5.07. The number of aromatic nitrogens is 2. The highest BCUT2D eigenvalue weighted by Gasteiger charge is 2.19. The Morgan fingerprint density at radius 2 is 1.86 bits per heavy atom. The Kier molecular flexibility index (Phi) is 3.37. The van der Waals surface area contributed by atoms with Gasteiger partial charge in [-0.3, -0.25) is 4.57 Å². The van der Waals surface area contributed by atoms with E-state index in [1.165, 1.54) is 10.6 Å². The molecule has 0 aliphatic carbocycles. The molecule has 0 saturated heterocycles. The molecule has 108 valence electrons. The SMILES string of the molecule is Cc1ccc2nc(CCl)n(-c3ccc(F)c(F)c3F)c2c1. The third-order valence-electron chi connectivity index (χ3n) is 3.25. The molecule has 0 amide bonds. The van der Waals surface area contributed by atoms with Gasteiger partial charge >= 0.3 is 0 Å². The van der Waals surface area contributed by atoms with Crippen molar-refractivity contribution in [1.82, 2.24) is 9.55 Å². The lowest BCUT2D eigenvalue weighted by Crippen LogP contribution is -2.05. The van der Waals surface area contributed by atoms with Gasteiger partial charge in [0.1, 0.15) is 5.82 Å². The van der Waals surface area contributed by atoms with E-state index in [9.17, 15) is 13.2 Å². The second-order valence-corrected chi connectivity index (χ2v) is 4.95. The summed E-state index contributed by atoms with van der Waals surface area (Å²) in [5, 5.41) is 0. The highest BCUT2D eigenvalue weighted by atomic mass is 35.5. The normalized spacial score (nSPS) is 11.3. The van der Waals surface area contributed by atoms with Gasteiger partial charge < -0.3 is 0 Å². The van der Waals surface area contributed by atoms with E-state index in [0.29, 0.717) is 16.9 Å². The van der Waals surface area contributed by atoms with Crippen LogP contribution in [0, 0.1) is 24.4 Å². The number of imidazole rings is 1. The Labute approximate surface area is 123 Å². The summed E-state index contributed by atoms with van der Waals surface area (Å²) in [6.07, 6.45) is 0. The van der Waals surface area contributed by atoms with Gasteiger partial charge in [-0.05, 0) is 36.8 Å². The number of hydrogen-bond acceptors (Lipinski definition) is 1. The summed E-state index contributed by atoms with van der Waals surface area (Å²) in [5.74, 6) is -3.62. The first kappa shape index (κ1) is 13.9.